The fourth-order valence-electron chi connectivity index (χ4n) is 4.16. The molecule has 0 aliphatic carbocycles. The van der Waals surface area contributed by atoms with Gasteiger partial charge in [-0.2, -0.15) is 5.26 Å². The van der Waals surface area contributed by atoms with Crippen LogP contribution in [0.25, 0.3) is 11.1 Å². The monoisotopic (exact) mass is 383 g/mol. The SMILES string of the molecule is N#C[C@H]1[C@@H](c2ccccc2-c2ccccc2)[C@H](CO)N1C(=O)Cc1cccnc1. The van der Waals surface area contributed by atoms with E-state index in [1.54, 1.807) is 18.5 Å². The van der Waals surface area contributed by atoms with Crippen molar-refractivity contribution in [2.45, 2.75) is 24.4 Å². The molecule has 3 atom stereocenters. The van der Waals surface area contributed by atoms with Crippen molar-refractivity contribution in [1.29, 1.82) is 5.26 Å². The summed E-state index contributed by atoms with van der Waals surface area (Å²) in [5.74, 6) is -0.406. The second kappa shape index (κ2) is 8.26. The van der Waals surface area contributed by atoms with Gasteiger partial charge in [0.05, 0.1) is 25.1 Å². The molecule has 0 bridgehead atoms. The van der Waals surface area contributed by atoms with Crippen molar-refractivity contribution in [2.75, 3.05) is 6.61 Å². The van der Waals surface area contributed by atoms with E-state index in [1.807, 2.05) is 60.7 Å². The van der Waals surface area contributed by atoms with Crippen LogP contribution in [0.2, 0.25) is 0 Å². The highest BCUT2D eigenvalue weighted by Gasteiger charge is 2.52. The van der Waals surface area contributed by atoms with Crippen molar-refractivity contribution in [3.05, 3.63) is 90.3 Å². The van der Waals surface area contributed by atoms with Gasteiger partial charge in [0.25, 0.3) is 0 Å². The quantitative estimate of drug-likeness (QED) is 0.734. The highest BCUT2D eigenvalue weighted by molar-refractivity contribution is 5.82. The first-order valence-electron chi connectivity index (χ1n) is 9.59. The molecule has 0 unspecified atom stereocenters. The lowest BCUT2D eigenvalue weighted by Gasteiger charge is -2.52. The molecule has 1 aromatic heterocycles. The molecule has 4 rings (SSSR count). The Labute approximate surface area is 169 Å². The summed E-state index contributed by atoms with van der Waals surface area (Å²) < 4.78 is 0. The Hall–Kier alpha value is -3.49. The Morgan fingerprint density at radius 3 is 2.52 bits per heavy atom. The predicted molar refractivity (Wildman–Crippen MR) is 110 cm³/mol. The molecule has 1 aliphatic heterocycles. The summed E-state index contributed by atoms with van der Waals surface area (Å²) in [6.45, 7) is -0.190. The topological polar surface area (TPSA) is 77.2 Å². The zero-order valence-corrected chi connectivity index (χ0v) is 15.8. The number of amides is 1. The summed E-state index contributed by atoms with van der Waals surface area (Å²) in [6.07, 6.45) is 3.47. The molecular weight excluding hydrogens is 362 g/mol. The van der Waals surface area contributed by atoms with Crippen LogP contribution in [-0.2, 0) is 11.2 Å². The van der Waals surface area contributed by atoms with Crippen LogP contribution >= 0.6 is 0 Å². The third kappa shape index (κ3) is 3.51. The average Bonchev–Trinajstić information content (AvgIpc) is 2.75. The molecule has 3 aromatic rings. The number of pyridine rings is 1. The number of nitriles is 1. The maximum atomic E-state index is 12.9. The Balaban J connectivity index is 1.65. The van der Waals surface area contributed by atoms with Crippen molar-refractivity contribution in [3.8, 4) is 17.2 Å². The number of hydrogen-bond acceptors (Lipinski definition) is 4. The van der Waals surface area contributed by atoms with Crippen molar-refractivity contribution in [3.63, 3.8) is 0 Å². The predicted octanol–water partition coefficient (Wildman–Crippen LogP) is 3.17. The summed E-state index contributed by atoms with van der Waals surface area (Å²) in [6, 6.07) is 22.7. The van der Waals surface area contributed by atoms with Crippen molar-refractivity contribution in [1.82, 2.24) is 9.88 Å². The lowest BCUT2D eigenvalue weighted by atomic mass is 9.73. The van der Waals surface area contributed by atoms with Crippen molar-refractivity contribution < 1.29 is 9.90 Å². The number of aliphatic hydroxyl groups excluding tert-OH is 1. The van der Waals surface area contributed by atoms with E-state index in [-0.39, 0.29) is 24.9 Å². The molecule has 0 spiro atoms. The van der Waals surface area contributed by atoms with Crippen LogP contribution in [0.1, 0.15) is 17.0 Å². The molecule has 0 saturated carbocycles. The van der Waals surface area contributed by atoms with Crippen LogP contribution in [-0.4, -0.2) is 39.6 Å². The number of nitrogens with zero attached hydrogens (tertiary/aromatic N) is 3. The minimum Gasteiger partial charge on any atom is -0.394 e. The second-order valence-electron chi connectivity index (χ2n) is 7.14. The smallest absolute Gasteiger partial charge is 0.228 e. The summed E-state index contributed by atoms with van der Waals surface area (Å²) >= 11 is 0. The summed E-state index contributed by atoms with van der Waals surface area (Å²) in [5.41, 5.74) is 3.85. The molecule has 1 aliphatic rings. The van der Waals surface area contributed by atoms with Gasteiger partial charge in [-0.1, -0.05) is 60.7 Å². The Morgan fingerprint density at radius 2 is 1.83 bits per heavy atom. The van der Waals surface area contributed by atoms with Gasteiger partial charge in [0.15, 0.2) is 0 Å². The van der Waals surface area contributed by atoms with Gasteiger partial charge in [-0.15, -0.1) is 0 Å². The minimum atomic E-state index is -0.610. The van der Waals surface area contributed by atoms with E-state index in [1.165, 1.54) is 4.90 Å². The molecule has 29 heavy (non-hydrogen) atoms. The Morgan fingerprint density at radius 1 is 1.07 bits per heavy atom. The number of rotatable bonds is 5. The van der Waals surface area contributed by atoms with E-state index < -0.39 is 12.1 Å². The van der Waals surface area contributed by atoms with Crippen molar-refractivity contribution in [2.24, 2.45) is 0 Å². The summed E-state index contributed by atoms with van der Waals surface area (Å²) in [7, 11) is 0. The standard InChI is InChI=1S/C24H21N3O2/c25-14-21-24(20-11-5-4-10-19(20)18-8-2-1-3-9-18)22(16-28)27(21)23(29)13-17-7-6-12-26-15-17/h1-12,15,21-22,24,28H,13,16H2/t21-,22-,24+/m0/s1. The molecule has 0 radical (unpaired) electrons. The second-order valence-corrected chi connectivity index (χ2v) is 7.14. The number of carbonyl (C=O) groups excluding carboxylic acids is 1. The third-order valence-corrected chi connectivity index (χ3v) is 5.50. The largest absolute Gasteiger partial charge is 0.394 e. The number of carbonyl (C=O) groups is 1. The van der Waals surface area contributed by atoms with Crippen LogP contribution in [0.3, 0.4) is 0 Å². The van der Waals surface area contributed by atoms with Crippen LogP contribution < -0.4 is 0 Å². The first-order valence-corrected chi connectivity index (χ1v) is 9.59. The minimum absolute atomic E-state index is 0.162. The normalized spacial score (nSPS) is 20.6. The molecule has 5 heteroatoms. The van der Waals surface area contributed by atoms with E-state index in [2.05, 4.69) is 11.1 Å². The number of aliphatic hydroxyl groups is 1. The summed E-state index contributed by atoms with van der Waals surface area (Å²) in [5, 5.41) is 19.9. The number of hydrogen-bond donors (Lipinski definition) is 1. The molecule has 1 N–H and O–H groups in total. The summed E-state index contributed by atoms with van der Waals surface area (Å²) in [4.78, 5) is 18.5. The van der Waals surface area contributed by atoms with Gasteiger partial charge in [-0.3, -0.25) is 9.78 Å². The van der Waals surface area contributed by atoms with Crippen LogP contribution in [0, 0.1) is 11.3 Å². The molecule has 5 nitrogen and oxygen atoms in total. The van der Waals surface area contributed by atoms with E-state index >= 15 is 0 Å². The molecule has 144 valence electrons. The highest BCUT2D eigenvalue weighted by Crippen LogP contribution is 2.44. The fourth-order valence-corrected chi connectivity index (χ4v) is 4.16. The Bertz CT molecular complexity index is 1030. The van der Waals surface area contributed by atoms with Gasteiger partial charge < -0.3 is 10.0 Å². The van der Waals surface area contributed by atoms with Gasteiger partial charge in [0, 0.05) is 18.3 Å². The molecular formula is C24H21N3O2. The van der Waals surface area contributed by atoms with E-state index in [0.29, 0.717) is 0 Å². The first-order chi connectivity index (χ1) is 14.2. The van der Waals surface area contributed by atoms with Crippen molar-refractivity contribution >= 4 is 5.91 Å². The fraction of sp³-hybridized carbons (Fsp3) is 0.208. The first kappa shape index (κ1) is 18.9. The Kier molecular flexibility index (Phi) is 5.37. The van der Waals surface area contributed by atoms with Crippen LogP contribution in [0.15, 0.2) is 79.1 Å². The van der Waals surface area contributed by atoms with E-state index in [4.69, 9.17) is 0 Å². The zero-order valence-electron chi connectivity index (χ0n) is 15.8. The van der Waals surface area contributed by atoms with Gasteiger partial charge in [0.1, 0.15) is 6.04 Å². The maximum absolute atomic E-state index is 12.9. The lowest BCUT2D eigenvalue weighted by Crippen LogP contribution is -2.65. The van der Waals surface area contributed by atoms with Crippen LogP contribution in [0.4, 0.5) is 0 Å². The van der Waals surface area contributed by atoms with Gasteiger partial charge in [-0.05, 0) is 28.3 Å². The molecule has 1 saturated heterocycles. The number of benzene rings is 2. The average molecular weight is 383 g/mol. The highest BCUT2D eigenvalue weighted by atomic mass is 16.3. The van der Waals surface area contributed by atoms with E-state index in [9.17, 15) is 15.2 Å². The lowest BCUT2D eigenvalue weighted by molar-refractivity contribution is -0.146. The van der Waals surface area contributed by atoms with Gasteiger partial charge in [0.2, 0.25) is 5.91 Å². The number of likely N-dealkylation sites (tertiary alicyclic amines) is 1. The van der Waals surface area contributed by atoms with Crippen LogP contribution in [0.5, 0.6) is 0 Å². The van der Waals surface area contributed by atoms with E-state index in [0.717, 1.165) is 22.3 Å². The molecule has 2 heterocycles. The molecule has 2 aromatic carbocycles. The maximum Gasteiger partial charge on any atom is 0.228 e. The molecule has 1 amide bonds. The third-order valence-electron chi connectivity index (χ3n) is 5.50. The number of aromatic nitrogens is 1. The molecule has 1 fully saturated rings. The van der Waals surface area contributed by atoms with Gasteiger partial charge >= 0.3 is 0 Å². The van der Waals surface area contributed by atoms with Gasteiger partial charge in [-0.25, -0.2) is 0 Å². The zero-order chi connectivity index (χ0) is 20.2.